The van der Waals surface area contributed by atoms with Crippen LogP contribution in [0.25, 0.3) is 9.88 Å². The molecule has 136 valence electrons. The molecule has 0 saturated heterocycles. The number of thiazole rings is 1. The Hall–Kier alpha value is -2.48. The lowest BCUT2D eigenvalue weighted by atomic mass is 10.2. The summed E-state index contributed by atoms with van der Waals surface area (Å²) in [6, 6.07) is 13.4. The molecule has 4 aromatic rings. The van der Waals surface area contributed by atoms with Gasteiger partial charge in [-0.25, -0.2) is 4.98 Å². The Bertz CT molecular complexity index is 1090. The molecule has 0 fully saturated rings. The van der Waals surface area contributed by atoms with Crippen molar-refractivity contribution in [2.45, 2.75) is 13.5 Å². The second kappa shape index (κ2) is 7.64. The maximum Gasteiger partial charge on any atom is 0.267 e. The molecule has 3 heterocycles. The lowest BCUT2D eigenvalue weighted by Crippen LogP contribution is -2.12. The highest BCUT2D eigenvalue weighted by Gasteiger charge is 2.17. The predicted octanol–water partition coefficient (Wildman–Crippen LogP) is 5.33. The van der Waals surface area contributed by atoms with Crippen molar-refractivity contribution in [3.63, 3.8) is 0 Å². The monoisotopic (exact) mass is 414 g/mol. The Morgan fingerprint density at radius 3 is 2.85 bits per heavy atom. The summed E-state index contributed by atoms with van der Waals surface area (Å²) in [6.45, 7) is 2.50. The van der Waals surface area contributed by atoms with Gasteiger partial charge in [-0.05, 0) is 42.8 Å². The van der Waals surface area contributed by atoms with Crippen LogP contribution >= 0.6 is 34.3 Å². The number of rotatable bonds is 5. The number of carbonyl (C=O) groups excluding carboxylic acids is 1. The number of nitrogens with one attached hydrogen (secondary N) is 1. The highest BCUT2D eigenvalue weighted by Crippen LogP contribution is 2.35. The molecule has 0 aliphatic rings. The van der Waals surface area contributed by atoms with Gasteiger partial charge in [0.2, 0.25) is 0 Å². The molecule has 0 bridgehead atoms. The van der Waals surface area contributed by atoms with Crippen LogP contribution in [0.15, 0.2) is 54.9 Å². The molecule has 0 atom stereocenters. The van der Waals surface area contributed by atoms with Crippen LogP contribution in [0.5, 0.6) is 0 Å². The minimum atomic E-state index is -0.157. The summed E-state index contributed by atoms with van der Waals surface area (Å²) in [5, 5.41) is 7.98. The molecule has 3 aromatic heterocycles. The van der Waals surface area contributed by atoms with Gasteiger partial charge in [0, 0.05) is 18.1 Å². The van der Waals surface area contributed by atoms with E-state index in [4.69, 9.17) is 11.6 Å². The zero-order chi connectivity index (χ0) is 18.8. The van der Waals surface area contributed by atoms with E-state index in [-0.39, 0.29) is 5.91 Å². The van der Waals surface area contributed by atoms with Crippen LogP contribution in [0.4, 0.5) is 5.69 Å². The highest BCUT2D eigenvalue weighted by atomic mass is 35.5. The first-order valence-electron chi connectivity index (χ1n) is 8.19. The van der Waals surface area contributed by atoms with Crippen LogP contribution in [0.2, 0.25) is 4.34 Å². The van der Waals surface area contributed by atoms with Crippen molar-refractivity contribution >= 4 is 45.9 Å². The van der Waals surface area contributed by atoms with Crippen LogP contribution in [0.3, 0.4) is 0 Å². The first kappa shape index (κ1) is 17.9. The summed E-state index contributed by atoms with van der Waals surface area (Å²) >= 11 is 8.83. The SMILES string of the molecule is Cc1nc(-c2ccc(Cl)s2)sc1C(=O)Nc1cccc(Cn2cccn2)c1. The third-order valence-corrected chi connectivity index (χ3v) is 6.43. The van der Waals surface area contributed by atoms with Crippen LogP contribution in [-0.4, -0.2) is 20.7 Å². The number of hydrogen-bond acceptors (Lipinski definition) is 5. The standard InChI is InChI=1S/C19H15ClN4OS2/c1-12-17(27-19(22-12)15-6-7-16(20)26-15)18(25)23-14-5-2-4-13(10-14)11-24-9-3-8-21-24/h2-10H,11H2,1H3,(H,23,25). The Balaban J connectivity index is 1.52. The predicted molar refractivity (Wildman–Crippen MR) is 111 cm³/mol. The molecule has 0 saturated carbocycles. The van der Waals surface area contributed by atoms with Crippen molar-refractivity contribution in [3.8, 4) is 9.88 Å². The van der Waals surface area contributed by atoms with Gasteiger partial charge in [-0.15, -0.1) is 22.7 Å². The Labute approximate surface area is 169 Å². The average molecular weight is 415 g/mol. The molecule has 0 aliphatic carbocycles. The summed E-state index contributed by atoms with van der Waals surface area (Å²) in [5.74, 6) is -0.157. The van der Waals surface area contributed by atoms with Crippen molar-refractivity contribution in [2.75, 3.05) is 5.32 Å². The molecule has 0 unspecified atom stereocenters. The molecule has 0 aliphatic heterocycles. The van der Waals surface area contributed by atoms with E-state index in [9.17, 15) is 4.79 Å². The van der Waals surface area contributed by atoms with Gasteiger partial charge in [0.1, 0.15) is 9.88 Å². The fourth-order valence-corrected chi connectivity index (χ4v) is 4.72. The van der Waals surface area contributed by atoms with Crippen LogP contribution in [0.1, 0.15) is 20.9 Å². The number of anilines is 1. The first-order chi connectivity index (χ1) is 13.1. The van der Waals surface area contributed by atoms with Crippen molar-refractivity contribution < 1.29 is 4.79 Å². The lowest BCUT2D eigenvalue weighted by Gasteiger charge is -2.07. The van der Waals surface area contributed by atoms with E-state index >= 15 is 0 Å². The maximum absolute atomic E-state index is 12.7. The molecule has 0 spiro atoms. The Morgan fingerprint density at radius 1 is 1.22 bits per heavy atom. The molecule has 0 radical (unpaired) electrons. The van der Waals surface area contributed by atoms with Crippen LogP contribution in [-0.2, 0) is 6.54 Å². The fourth-order valence-electron chi connectivity index (χ4n) is 2.66. The van der Waals surface area contributed by atoms with E-state index in [1.165, 1.54) is 22.7 Å². The lowest BCUT2D eigenvalue weighted by molar-refractivity contribution is 0.103. The minimum Gasteiger partial charge on any atom is -0.321 e. The highest BCUT2D eigenvalue weighted by molar-refractivity contribution is 7.24. The number of carbonyl (C=O) groups is 1. The van der Waals surface area contributed by atoms with E-state index in [0.29, 0.717) is 21.5 Å². The quantitative estimate of drug-likeness (QED) is 0.480. The van der Waals surface area contributed by atoms with Gasteiger partial charge in [-0.1, -0.05) is 23.7 Å². The fraction of sp³-hybridized carbons (Fsp3) is 0.105. The topological polar surface area (TPSA) is 59.8 Å². The number of halogens is 1. The number of benzene rings is 1. The van der Waals surface area contributed by atoms with Gasteiger partial charge >= 0.3 is 0 Å². The zero-order valence-electron chi connectivity index (χ0n) is 14.3. The van der Waals surface area contributed by atoms with Gasteiger partial charge in [-0.3, -0.25) is 9.48 Å². The number of thiophene rings is 1. The van der Waals surface area contributed by atoms with Gasteiger partial charge in [0.05, 0.1) is 21.5 Å². The molecule has 1 amide bonds. The van der Waals surface area contributed by atoms with E-state index in [1.807, 2.05) is 60.3 Å². The number of hydrogen-bond donors (Lipinski definition) is 1. The summed E-state index contributed by atoms with van der Waals surface area (Å²) in [7, 11) is 0. The molecule has 5 nitrogen and oxygen atoms in total. The summed E-state index contributed by atoms with van der Waals surface area (Å²) < 4.78 is 2.55. The molecule has 1 aromatic carbocycles. The van der Waals surface area contributed by atoms with Gasteiger partial charge < -0.3 is 5.32 Å². The van der Waals surface area contributed by atoms with Gasteiger partial charge in [0.25, 0.3) is 5.91 Å². The molecule has 1 N–H and O–H groups in total. The van der Waals surface area contributed by atoms with E-state index < -0.39 is 0 Å². The second-order valence-electron chi connectivity index (χ2n) is 5.90. The molecular formula is C19H15ClN4OS2. The van der Waals surface area contributed by atoms with Gasteiger partial charge in [-0.2, -0.15) is 5.10 Å². The molecular weight excluding hydrogens is 400 g/mol. The number of nitrogens with zero attached hydrogens (tertiary/aromatic N) is 3. The number of amides is 1. The van der Waals surface area contributed by atoms with Crippen molar-refractivity contribution in [1.29, 1.82) is 0 Å². The van der Waals surface area contributed by atoms with Crippen molar-refractivity contribution in [3.05, 3.63) is 75.3 Å². The summed E-state index contributed by atoms with van der Waals surface area (Å²) in [6.07, 6.45) is 3.65. The Kier molecular flexibility index (Phi) is 5.07. The first-order valence-corrected chi connectivity index (χ1v) is 10.2. The molecule has 8 heteroatoms. The van der Waals surface area contributed by atoms with Crippen molar-refractivity contribution in [1.82, 2.24) is 14.8 Å². The van der Waals surface area contributed by atoms with Crippen molar-refractivity contribution in [2.24, 2.45) is 0 Å². The number of aromatic nitrogens is 3. The molecule has 4 rings (SSSR count). The largest absolute Gasteiger partial charge is 0.321 e. The normalized spacial score (nSPS) is 10.9. The average Bonchev–Trinajstić information content (AvgIpc) is 3.37. The zero-order valence-corrected chi connectivity index (χ0v) is 16.7. The minimum absolute atomic E-state index is 0.157. The summed E-state index contributed by atoms with van der Waals surface area (Å²) in [4.78, 5) is 18.8. The Morgan fingerprint density at radius 2 is 2.11 bits per heavy atom. The van der Waals surface area contributed by atoms with Crippen LogP contribution in [0, 0.1) is 6.92 Å². The smallest absolute Gasteiger partial charge is 0.267 e. The van der Waals surface area contributed by atoms with E-state index in [1.54, 1.807) is 6.20 Å². The third-order valence-electron chi connectivity index (χ3n) is 3.88. The van der Waals surface area contributed by atoms with E-state index in [0.717, 1.165) is 21.1 Å². The maximum atomic E-state index is 12.7. The second-order valence-corrected chi connectivity index (χ2v) is 8.61. The van der Waals surface area contributed by atoms with E-state index in [2.05, 4.69) is 15.4 Å². The third kappa shape index (κ3) is 4.10. The molecule has 27 heavy (non-hydrogen) atoms. The van der Waals surface area contributed by atoms with Crippen LogP contribution < -0.4 is 5.32 Å². The number of aryl methyl sites for hydroxylation is 1. The summed E-state index contributed by atoms with van der Waals surface area (Å²) in [5.41, 5.74) is 2.52. The van der Waals surface area contributed by atoms with Gasteiger partial charge in [0.15, 0.2) is 0 Å².